The fourth-order valence-corrected chi connectivity index (χ4v) is 20.1. The van der Waals surface area contributed by atoms with Crippen LogP contribution in [0.15, 0.2) is 83.5 Å². The van der Waals surface area contributed by atoms with Gasteiger partial charge in [-0.15, -0.1) is 0 Å². The molecule has 17 heteroatoms. The summed E-state index contributed by atoms with van der Waals surface area (Å²) in [5.41, 5.74) is -3.74. The van der Waals surface area contributed by atoms with Gasteiger partial charge in [-0.25, -0.2) is 19.2 Å². The highest BCUT2D eigenvalue weighted by Crippen LogP contribution is 2.69. The molecule has 1 amide bonds. The van der Waals surface area contributed by atoms with Crippen molar-refractivity contribution < 1.29 is 76.5 Å². The van der Waals surface area contributed by atoms with E-state index in [9.17, 15) is 24.3 Å². The number of allylic oxidation sites excluding steroid dienone is 1. The molecule has 7 aliphatic carbocycles. The van der Waals surface area contributed by atoms with Crippen molar-refractivity contribution in [1.29, 1.82) is 0 Å². The molecule has 0 spiro atoms. The lowest BCUT2D eigenvalue weighted by molar-refractivity contribution is -0.339. The predicted octanol–water partition coefficient (Wildman–Crippen LogP) is 13.8. The Morgan fingerprint density at radius 3 is 2.17 bits per heavy atom. The van der Waals surface area contributed by atoms with E-state index >= 15 is 9.59 Å². The third-order valence-corrected chi connectivity index (χ3v) is 25.0. The van der Waals surface area contributed by atoms with Crippen LogP contribution in [-0.4, -0.2) is 128 Å². The molecule has 6 fully saturated rings. The van der Waals surface area contributed by atoms with Crippen LogP contribution in [0.3, 0.4) is 0 Å². The fourth-order valence-electron chi connectivity index (χ4n) is 20.1. The Bertz CT molecular complexity index is 3170. The average Bonchev–Trinajstić information content (AvgIpc) is 1.10. The molecule has 2 bridgehead atoms. The van der Waals surface area contributed by atoms with E-state index in [1.807, 2.05) is 6.92 Å². The highest BCUT2D eigenvalue weighted by Gasteiger charge is 2.77. The van der Waals surface area contributed by atoms with Crippen molar-refractivity contribution in [3.05, 3.63) is 94.6 Å². The molecule has 3 unspecified atom stereocenters. The Morgan fingerprint density at radius 2 is 1.51 bits per heavy atom. The number of esters is 4. The van der Waals surface area contributed by atoms with Gasteiger partial charge in [-0.2, -0.15) is 0 Å². The van der Waals surface area contributed by atoms with Crippen LogP contribution in [0.1, 0.15) is 209 Å². The molecule has 2 aromatic carbocycles. The number of ether oxygens (including phenoxy) is 9. The Hall–Kier alpha value is -5.46. The van der Waals surface area contributed by atoms with Gasteiger partial charge in [-0.05, 0) is 167 Å². The Balaban J connectivity index is 0.820. The fraction of sp³-hybridized carbons (Fsp3) is 0.718. The average molecular weight is 1320 g/mol. The molecule has 17 nitrogen and oxygen atoms in total. The maximum atomic E-state index is 15.8. The first-order valence-electron chi connectivity index (χ1n) is 35.8. The van der Waals surface area contributed by atoms with Gasteiger partial charge in [0.2, 0.25) is 6.10 Å². The van der Waals surface area contributed by atoms with Crippen molar-refractivity contribution in [3.63, 3.8) is 0 Å². The van der Waals surface area contributed by atoms with Crippen LogP contribution >= 0.6 is 0 Å². The number of carbonyl (C=O) groups is 6. The van der Waals surface area contributed by atoms with Crippen LogP contribution in [0.2, 0.25) is 0 Å². The lowest BCUT2D eigenvalue weighted by atomic mass is 9.42. The topological polar surface area (TPSA) is 218 Å². The molecule has 8 aliphatic rings. The van der Waals surface area contributed by atoms with Crippen LogP contribution in [0.5, 0.6) is 0 Å². The molecule has 0 radical (unpaired) electrons. The van der Waals surface area contributed by atoms with Crippen LogP contribution < -0.4 is 5.32 Å². The molecule has 2 N–H and O–H groups in total. The van der Waals surface area contributed by atoms with E-state index < -0.39 is 119 Å². The first-order chi connectivity index (χ1) is 44.8. The smallest absolute Gasteiger partial charge is 0.408 e. The van der Waals surface area contributed by atoms with Crippen molar-refractivity contribution >= 4 is 35.8 Å². The first-order valence-corrected chi connectivity index (χ1v) is 35.8. The van der Waals surface area contributed by atoms with Crippen molar-refractivity contribution in [2.24, 2.45) is 74.9 Å². The minimum atomic E-state index is -2.18. The van der Waals surface area contributed by atoms with E-state index in [0.717, 1.165) is 54.8 Å². The van der Waals surface area contributed by atoms with Crippen LogP contribution in [0.4, 0.5) is 4.79 Å². The number of rotatable bonds is 23. The number of hydrogen-bond acceptors (Lipinski definition) is 16. The summed E-state index contributed by atoms with van der Waals surface area (Å²) in [6, 6.07) is 15.3. The lowest BCUT2D eigenvalue weighted by Gasteiger charge is -2.68. The van der Waals surface area contributed by atoms with Gasteiger partial charge in [0.1, 0.15) is 47.9 Å². The summed E-state index contributed by atoms with van der Waals surface area (Å²) in [7, 11) is 0. The summed E-state index contributed by atoms with van der Waals surface area (Å²) in [6.07, 6.45) is 10.0. The minimum Gasteiger partial charge on any atom is -0.455 e. The van der Waals surface area contributed by atoms with Crippen LogP contribution in [0, 0.1) is 74.9 Å². The predicted molar refractivity (Wildman–Crippen MR) is 358 cm³/mol. The Morgan fingerprint density at radius 1 is 0.821 bits per heavy atom. The second kappa shape index (κ2) is 28.4. The quantitative estimate of drug-likeness (QED) is 0.0457. The molecule has 10 rings (SSSR count). The number of nitrogens with one attached hydrogen (secondary N) is 1. The molecule has 1 aliphatic heterocycles. The molecule has 524 valence electrons. The van der Waals surface area contributed by atoms with Gasteiger partial charge in [-0.3, -0.25) is 9.59 Å². The van der Waals surface area contributed by atoms with Gasteiger partial charge in [0, 0.05) is 30.1 Å². The number of benzene rings is 2. The van der Waals surface area contributed by atoms with Crippen molar-refractivity contribution in [3.8, 4) is 0 Å². The zero-order valence-electron chi connectivity index (χ0n) is 59.5. The molecule has 2 aromatic rings. The van der Waals surface area contributed by atoms with E-state index in [1.54, 1.807) is 122 Å². The van der Waals surface area contributed by atoms with Crippen molar-refractivity contribution in [1.82, 2.24) is 5.32 Å². The molecular weight excluding hydrogens is 1210 g/mol. The largest absolute Gasteiger partial charge is 0.455 e. The normalized spacial score (nSPS) is 35.5. The second-order valence-corrected chi connectivity index (χ2v) is 32.4. The van der Waals surface area contributed by atoms with Gasteiger partial charge in [0.15, 0.2) is 5.60 Å². The summed E-state index contributed by atoms with van der Waals surface area (Å²) in [5.74, 6) is -1.55. The minimum absolute atomic E-state index is 0.0120. The van der Waals surface area contributed by atoms with Gasteiger partial charge < -0.3 is 53.1 Å². The van der Waals surface area contributed by atoms with Gasteiger partial charge >= 0.3 is 30.0 Å². The lowest BCUT2D eigenvalue weighted by Crippen LogP contribution is -2.80. The number of amides is 1. The molecule has 19 atom stereocenters. The zero-order valence-corrected chi connectivity index (χ0v) is 59.5. The zero-order chi connectivity index (χ0) is 68.8. The summed E-state index contributed by atoms with van der Waals surface area (Å²) >= 11 is 0. The van der Waals surface area contributed by atoms with Crippen LogP contribution in [-0.2, 0) is 61.8 Å². The third-order valence-electron chi connectivity index (χ3n) is 25.0. The first kappa shape index (κ1) is 72.3. The number of Topliss-reactive ketones (excluding diaryl/α,β-unsaturated/α-hetero) is 1. The van der Waals surface area contributed by atoms with Gasteiger partial charge in [-0.1, -0.05) is 149 Å². The number of hydrogen-bond donors (Lipinski definition) is 2. The Labute approximate surface area is 564 Å². The number of aliphatic hydroxyl groups is 1. The summed E-state index contributed by atoms with van der Waals surface area (Å²) in [6.45, 7) is 29.7. The molecule has 5 saturated carbocycles. The van der Waals surface area contributed by atoms with Gasteiger partial charge in [0.05, 0.1) is 50.6 Å². The van der Waals surface area contributed by atoms with Crippen molar-refractivity contribution in [2.45, 2.75) is 241 Å². The highest BCUT2D eigenvalue weighted by atomic mass is 16.6. The summed E-state index contributed by atoms with van der Waals surface area (Å²) in [4.78, 5) is 87.2. The summed E-state index contributed by atoms with van der Waals surface area (Å²) in [5, 5.41) is 16.9. The number of alkyl carbamates (subject to hydrolysis) is 1. The van der Waals surface area contributed by atoms with E-state index in [0.29, 0.717) is 41.8 Å². The monoisotopic (exact) mass is 1320 g/mol. The second-order valence-electron chi connectivity index (χ2n) is 32.4. The standard InChI is InChI=1S/C78H111NO16/c1-46(2)23-22-24-47(3)57-31-32-58-56-30-29-54-42-55(33-35-74(54,13)59(56)34-36-75(57,58)14)89-40-39-87-37-38-88-44-62(81)92-65(64(52-25-18-16-19-26-52)79-71(85)95-72(8,9)10)70(84)91-60-43-78(86)68(93-69(83)53-27-20-17-21-28-53)66-76(15,67(82)50(6)63(49(60)5)73(78,11)12)48(4)41-61-77(66,45-90-61)94-51(7)80/h16-21,25-29,46-48,50,55-61,64-66,68,86H,22-24,30-45H2,1-15H3,(H,79,85)/t47-,48+,50-,55+,56?,57-,58?,59?,60+,61-,64+,65-,66+,68+,74+,75-,76-,77+,78-/m1/s1. The van der Waals surface area contributed by atoms with Gasteiger partial charge in [0.25, 0.3) is 0 Å². The maximum absolute atomic E-state index is 15.8. The number of fused-ring (bicyclic) bond motifs is 10. The molecule has 0 aromatic heterocycles. The van der Waals surface area contributed by atoms with E-state index in [2.05, 4.69) is 46.0 Å². The van der Waals surface area contributed by atoms with Crippen molar-refractivity contribution in [2.75, 3.05) is 39.6 Å². The molecule has 95 heavy (non-hydrogen) atoms. The Kier molecular flexibility index (Phi) is 21.6. The molecule has 1 heterocycles. The number of ketones is 1. The molecular formula is C78H111NO16. The van der Waals surface area contributed by atoms with Crippen LogP contribution in [0.25, 0.3) is 0 Å². The maximum Gasteiger partial charge on any atom is 0.408 e. The van der Waals surface area contributed by atoms with E-state index in [1.165, 1.54) is 58.3 Å². The third kappa shape index (κ3) is 14.0. The SMILES string of the molecule is CC(=O)O[C@@]12CO[C@@H]1C[C@H](C)[C@@]1(C)C(=O)[C@H](C)C3=C(C)[C@@H](OC(=O)[C@H](OC(=O)COCCOCCO[C@H]4CC[C@@]5(C)C(=CCC6C5CC[C@@]5(C)C6CC[C@@H]5[C@H](C)CCCC(C)C)C4)[C@@H](NC(=O)OC(C)(C)C)c4ccccc4)C[C@@](O)([C@@H](OC(=O)c4ccccc4)[C@H]21)C3(C)C. The molecule has 1 saturated heterocycles. The summed E-state index contributed by atoms with van der Waals surface area (Å²) < 4.78 is 55.7. The van der Waals surface area contributed by atoms with E-state index in [-0.39, 0.29) is 42.7 Å². The highest BCUT2D eigenvalue weighted by molar-refractivity contribution is 5.92. The van der Waals surface area contributed by atoms with E-state index in [4.69, 9.17) is 42.6 Å². The number of carbonyl (C=O) groups excluding carboxylic acids is 6.